The Morgan fingerprint density at radius 1 is 0.692 bits per heavy atom. The summed E-state index contributed by atoms with van der Waals surface area (Å²) in [6.07, 6.45) is 0. The van der Waals surface area contributed by atoms with Crippen molar-refractivity contribution in [2.24, 2.45) is 0 Å². The van der Waals surface area contributed by atoms with E-state index in [2.05, 4.69) is 113 Å². The number of anilines is 1. The monoisotopic (exact) mass is 361 g/mol. The SMILES string of the molecule is CN(C)c1cccc(Pc2ccccc2C(C)(C)C)c1-c1ccccc1. The molecule has 0 bridgehead atoms. The van der Waals surface area contributed by atoms with E-state index < -0.39 is 0 Å². The second-order valence-corrected chi connectivity index (χ2v) is 9.21. The van der Waals surface area contributed by atoms with E-state index in [0.717, 1.165) is 0 Å². The normalized spacial score (nSPS) is 11.9. The molecule has 1 atom stereocenters. The van der Waals surface area contributed by atoms with Crippen LogP contribution in [0.3, 0.4) is 0 Å². The Bertz CT molecular complexity index is 876. The number of hydrogen-bond acceptors (Lipinski definition) is 1. The van der Waals surface area contributed by atoms with Crippen molar-refractivity contribution in [3.63, 3.8) is 0 Å². The molecule has 0 aromatic heterocycles. The summed E-state index contributed by atoms with van der Waals surface area (Å²) in [7, 11) is 4.88. The third-order valence-corrected chi connectivity index (χ3v) is 5.98. The summed E-state index contributed by atoms with van der Waals surface area (Å²) < 4.78 is 0. The van der Waals surface area contributed by atoms with E-state index in [1.165, 1.54) is 33.0 Å². The van der Waals surface area contributed by atoms with E-state index >= 15 is 0 Å². The Hall–Kier alpha value is -2.11. The van der Waals surface area contributed by atoms with E-state index in [0.29, 0.717) is 8.58 Å². The summed E-state index contributed by atoms with van der Waals surface area (Å²) in [5.74, 6) is 0. The van der Waals surface area contributed by atoms with Crippen molar-refractivity contribution >= 4 is 24.9 Å². The Morgan fingerprint density at radius 3 is 1.96 bits per heavy atom. The highest BCUT2D eigenvalue weighted by molar-refractivity contribution is 7.56. The van der Waals surface area contributed by atoms with Crippen molar-refractivity contribution in [1.29, 1.82) is 0 Å². The minimum absolute atomic E-state index is 0.148. The lowest BCUT2D eigenvalue weighted by molar-refractivity contribution is 0.594. The topological polar surface area (TPSA) is 3.24 Å². The van der Waals surface area contributed by atoms with Crippen LogP contribution in [0.2, 0.25) is 0 Å². The van der Waals surface area contributed by atoms with Crippen molar-refractivity contribution in [2.75, 3.05) is 19.0 Å². The molecule has 0 aliphatic carbocycles. The molecule has 0 spiro atoms. The highest BCUT2D eigenvalue weighted by atomic mass is 31.1. The van der Waals surface area contributed by atoms with Crippen LogP contribution < -0.4 is 15.5 Å². The zero-order valence-electron chi connectivity index (χ0n) is 16.4. The second kappa shape index (κ2) is 7.64. The lowest BCUT2D eigenvalue weighted by Crippen LogP contribution is -2.22. The molecule has 3 aromatic rings. The molecule has 0 aliphatic heterocycles. The molecule has 0 N–H and O–H groups in total. The zero-order chi connectivity index (χ0) is 18.7. The summed E-state index contributed by atoms with van der Waals surface area (Å²) in [5, 5.41) is 2.84. The van der Waals surface area contributed by atoms with Crippen LogP contribution in [0.1, 0.15) is 26.3 Å². The lowest BCUT2D eigenvalue weighted by atomic mass is 9.87. The fourth-order valence-electron chi connectivity index (χ4n) is 3.32. The van der Waals surface area contributed by atoms with Crippen molar-refractivity contribution in [3.05, 3.63) is 78.4 Å². The Balaban J connectivity index is 2.15. The standard InChI is InChI=1S/C24H28NP/c1-24(2,3)19-14-9-10-16-21(19)26-22-17-11-15-20(25(4)5)23(22)18-12-7-6-8-13-18/h6-17,26H,1-5H3. The van der Waals surface area contributed by atoms with Crippen LogP contribution in [-0.4, -0.2) is 14.1 Å². The first-order chi connectivity index (χ1) is 12.4. The van der Waals surface area contributed by atoms with Crippen LogP contribution in [0.4, 0.5) is 5.69 Å². The highest BCUT2D eigenvalue weighted by Gasteiger charge is 2.19. The average molecular weight is 361 g/mol. The molecule has 1 nitrogen and oxygen atoms in total. The van der Waals surface area contributed by atoms with Gasteiger partial charge in [-0.1, -0.05) is 96.1 Å². The van der Waals surface area contributed by atoms with E-state index in [9.17, 15) is 0 Å². The van der Waals surface area contributed by atoms with Gasteiger partial charge in [0.05, 0.1) is 0 Å². The van der Waals surface area contributed by atoms with Crippen LogP contribution in [-0.2, 0) is 5.41 Å². The molecule has 3 aromatic carbocycles. The molecule has 134 valence electrons. The van der Waals surface area contributed by atoms with Gasteiger partial charge in [0.2, 0.25) is 0 Å². The largest absolute Gasteiger partial charge is 0.377 e. The first-order valence-corrected chi connectivity index (χ1v) is 10.1. The molecule has 0 saturated heterocycles. The lowest BCUT2D eigenvalue weighted by Gasteiger charge is -2.25. The molecule has 0 heterocycles. The molecule has 0 fully saturated rings. The van der Waals surface area contributed by atoms with Gasteiger partial charge in [-0.15, -0.1) is 0 Å². The van der Waals surface area contributed by atoms with Gasteiger partial charge in [0, 0.05) is 25.3 Å². The summed E-state index contributed by atoms with van der Waals surface area (Å²) in [6.45, 7) is 6.89. The molecule has 0 amide bonds. The average Bonchev–Trinajstić information content (AvgIpc) is 2.62. The maximum atomic E-state index is 2.30. The zero-order valence-corrected chi connectivity index (χ0v) is 17.4. The highest BCUT2D eigenvalue weighted by Crippen LogP contribution is 2.33. The van der Waals surface area contributed by atoms with E-state index in [1.807, 2.05) is 0 Å². The Morgan fingerprint density at radius 2 is 1.31 bits per heavy atom. The summed E-state index contributed by atoms with van der Waals surface area (Å²) >= 11 is 0. The summed E-state index contributed by atoms with van der Waals surface area (Å²) in [5.41, 5.74) is 5.49. The molecule has 26 heavy (non-hydrogen) atoms. The van der Waals surface area contributed by atoms with Crippen molar-refractivity contribution < 1.29 is 0 Å². The first-order valence-electron chi connectivity index (χ1n) is 9.10. The first kappa shape index (κ1) is 18.7. The van der Waals surface area contributed by atoms with Gasteiger partial charge in [-0.2, -0.15) is 0 Å². The fourth-order valence-corrected chi connectivity index (χ4v) is 4.96. The molecule has 3 rings (SSSR count). The number of nitrogens with zero attached hydrogens (tertiary/aromatic N) is 1. The van der Waals surface area contributed by atoms with E-state index in [4.69, 9.17) is 0 Å². The third kappa shape index (κ3) is 4.00. The molecular weight excluding hydrogens is 333 g/mol. The van der Waals surface area contributed by atoms with Gasteiger partial charge >= 0.3 is 0 Å². The molecular formula is C24H28NP. The summed E-state index contributed by atoms with van der Waals surface area (Å²) in [4.78, 5) is 2.21. The fraction of sp³-hybridized carbons (Fsp3) is 0.250. The van der Waals surface area contributed by atoms with Gasteiger partial charge in [0.1, 0.15) is 0 Å². The quantitative estimate of drug-likeness (QED) is 0.567. The number of hydrogen-bond donors (Lipinski definition) is 0. The van der Waals surface area contributed by atoms with Gasteiger partial charge in [0.25, 0.3) is 0 Å². The minimum atomic E-state index is 0.148. The predicted molar refractivity (Wildman–Crippen MR) is 119 cm³/mol. The second-order valence-electron chi connectivity index (χ2n) is 7.88. The van der Waals surface area contributed by atoms with Crippen LogP contribution >= 0.6 is 8.58 Å². The number of rotatable bonds is 4. The van der Waals surface area contributed by atoms with Crippen molar-refractivity contribution in [1.82, 2.24) is 0 Å². The van der Waals surface area contributed by atoms with Crippen LogP contribution in [0, 0.1) is 0 Å². The van der Waals surface area contributed by atoms with Crippen LogP contribution in [0.5, 0.6) is 0 Å². The van der Waals surface area contributed by atoms with Crippen LogP contribution in [0.25, 0.3) is 11.1 Å². The van der Waals surface area contributed by atoms with Gasteiger partial charge in [0.15, 0.2) is 0 Å². The maximum absolute atomic E-state index is 2.30. The molecule has 0 saturated carbocycles. The predicted octanol–water partition coefficient (Wildman–Crippen LogP) is 5.35. The van der Waals surface area contributed by atoms with E-state index in [-0.39, 0.29) is 5.41 Å². The van der Waals surface area contributed by atoms with Crippen molar-refractivity contribution in [2.45, 2.75) is 26.2 Å². The summed E-state index contributed by atoms with van der Waals surface area (Å²) in [6, 6.07) is 26.3. The maximum Gasteiger partial charge on any atom is 0.0447 e. The Kier molecular flexibility index (Phi) is 5.49. The molecule has 1 unspecified atom stereocenters. The Labute approximate surface area is 159 Å². The smallest absolute Gasteiger partial charge is 0.0447 e. The number of benzene rings is 3. The third-order valence-electron chi connectivity index (χ3n) is 4.59. The molecule has 2 heteroatoms. The van der Waals surface area contributed by atoms with Crippen molar-refractivity contribution in [3.8, 4) is 11.1 Å². The minimum Gasteiger partial charge on any atom is -0.377 e. The van der Waals surface area contributed by atoms with Crippen LogP contribution in [0.15, 0.2) is 72.8 Å². The van der Waals surface area contributed by atoms with Gasteiger partial charge in [-0.05, 0) is 33.2 Å². The molecule has 0 aliphatic rings. The molecule has 0 radical (unpaired) electrons. The van der Waals surface area contributed by atoms with E-state index in [1.54, 1.807) is 0 Å². The van der Waals surface area contributed by atoms with Gasteiger partial charge < -0.3 is 4.90 Å². The van der Waals surface area contributed by atoms with Gasteiger partial charge in [-0.25, -0.2) is 0 Å². The van der Waals surface area contributed by atoms with Gasteiger partial charge in [-0.3, -0.25) is 0 Å².